The van der Waals surface area contributed by atoms with Crippen molar-refractivity contribution in [2.75, 3.05) is 30.0 Å². The molecular weight excluding hydrogens is 435 g/mol. The van der Waals surface area contributed by atoms with Gasteiger partial charge in [0.15, 0.2) is 0 Å². The number of amides is 1. The van der Waals surface area contributed by atoms with Gasteiger partial charge in [-0.3, -0.25) is 9.69 Å². The van der Waals surface area contributed by atoms with Gasteiger partial charge in [0.25, 0.3) is 5.91 Å². The number of hydrogen-bond acceptors (Lipinski definition) is 6. The van der Waals surface area contributed by atoms with Crippen molar-refractivity contribution >= 4 is 28.4 Å². The van der Waals surface area contributed by atoms with Crippen LogP contribution in [-0.2, 0) is 22.3 Å². The van der Waals surface area contributed by atoms with E-state index in [-0.39, 0.29) is 25.0 Å². The highest BCUT2D eigenvalue weighted by molar-refractivity contribution is 5.97. The summed E-state index contributed by atoms with van der Waals surface area (Å²) in [5, 5.41) is 3.81. The Balaban J connectivity index is 1.71. The number of hydrogen-bond donors (Lipinski definition) is 1. The lowest BCUT2D eigenvalue weighted by Gasteiger charge is -2.26. The molecule has 0 bridgehead atoms. The van der Waals surface area contributed by atoms with E-state index in [1.807, 2.05) is 13.8 Å². The van der Waals surface area contributed by atoms with Crippen molar-refractivity contribution in [3.05, 3.63) is 53.5 Å². The number of anilines is 2. The van der Waals surface area contributed by atoms with Crippen molar-refractivity contribution < 1.29 is 22.7 Å². The quantitative estimate of drug-likeness (QED) is 0.583. The Morgan fingerprint density at radius 3 is 2.79 bits per heavy atom. The predicted octanol–water partition coefficient (Wildman–Crippen LogP) is 4.53. The van der Waals surface area contributed by atoms with Gasteiger partial charge in [0.1, 0.15) is 24.1 Å². The topological polar surface area (TPSA) is 80.2 Å². The van der Waals surface area contributed by atoms with Gasteiger partial charge in [-0.2, -0.15) is 13.2 Å². The Kier molecular flexibility index (Phi) is 6.46. The summed E-state index contributed by atoms with van der Waals surface area (Å²) in [5.74, 6) is 1.45. The smallest absolute Gasteiger partial charge is 0.370 e. The summed E-state index contributed by atoms with van der Waals surface area (Å²) < 4.78 is 44.4. The summed E-state index contributed by atoms with van der Waals surface area (Å²) in [6.07, 6.45) is -1.99. The van der Waals surface area contributed by atoms with Crippen LogP contribution in [0.25, 0.3) is 10.9 Å². The molecule has 1 N–H and O–H groups in total. The molecule has 1 amide bonds. The molecule has 10 heteroatoms. The minimum atomic E-state index is -4.41. The number of rotatable bonds is 6. The average molecular weight is 459 g/mol. The van der Waals surface area contributed by atoms with Crippen molar-refractivity contribution in [2.24, 2.45) is 0 Å². The van der Waals surface area contributed by atoms with Crippen LogP contribution >= 0.6 is 0 Å². The number of benzene rings is 1. The van der Waals surface area contributed by atoms with Gasteiger partial charge in [0.2, 0.25) is 0 Å². The molecule has 174 valence electrons. The number of aromatic nitrogens is 3. The monoisotopic (exact) mass is 459 g/mol. The summed E-state index contributed by atoms with van der Waals surface area (Å²) in [4.78, 5) is 27.5. The summed E-state index contributed by atoms with van der Waals surface area (Å²) in [5.41, 5.74) is 0.363. The first kappa shape index (κ1) is 22.9. The minimum Gasteiger partial charge on any atom is -0.370 e. The second kappa shape index (κ2) is 9.30. The molecule has 1 unspecified atom stereocenters. The standard InChI is InChI=1S/C23H24F3N5O2/c1-3-14(2)21-29-18-12-27-19(31-7-8-33-13-20(31)32)10-17(18)22(30-21)28-11-15-5-4-6-16(9-15)23(24,25)26/h4-6,9-10,12,14H,3,7-8,11,13H2,1-2H3,(H,28,29,30). The third-order valence-corrected chi connectivity index (χ3v) is 5.61. The molecule has 3 heterocycles. The van der Waals surface area contributed by atoms with Gasteiger partial charge in [-0.15, -0.1) is 0 Å². The molecule has 1 aromatic carbocycles. The highest BCUT2D eigenvalue weighted by Gasteiger charge is 2.30. The summed E-state index contributed by atoms with van der Waals surface area (Å²) in [6, 6.07) is 6.90. The largest absolute Gasteiger partial charge is 0.416 e. The molecule has 1 atom stereocenters. The number of carbonyl (C=O) groups excluding carboxylic acids is 1. The van der Waals surface area contributed by atoms with Gasteiger partial charge in [0, 0.05) is 17.8 Å². The zero-order chi connectivity index (χ0) is 23.6. The van der Waals surface area contributed by atoms with Crippen LogP contribution in [0.15, 0.2) is 36.5 Å². The lowest BCUT2D eigenvalue weighted by Crippen LogP contribution is -2.42. The Hall–Kier alpha value is -3.27. The summed E-state index contributed by atoms with van der Waals surface area (Å²) in [6.45, 7) is 4.96. The SMILES string of the molecule is CCC(C)c1nc(NCc2cccc(C(F)(F)F)c2)c2cc(N3CCOCC3=O)ncc2n1. The highest BCUT2D eigenvalue weighted by atomic mass is 19.4. The molecule has 0 aliphatic carbocycles. The molecule has 0 radical (unpaired) electrons. The normalized spacial score (nSPS) is 15.7. The second-order valence-corrected chi connectivity index (χ2v) is 7.95. The van der Waals surface area contributed by atoms with Crippen LogP contribution in [-0.4, -0.2) is 40.6 Å². The van der Waals surface area contributed by atoms with Crippen molar-refractivity contribution in [1.82, 2.24) is 15.0 Å². The molecule has 1 fully saturated rings. The molecule has 0 spiro atoms. The maximum absolute atomic E-state index is 13.1. The minimum absolute atomic E-state index is 0.0101. The third-order valence-electron chi connectivity index (χ3n) is 5.61. The van der Waals surface area contributed by atoms with E-state index in [1.165, 1.54) is 6.07 Å². The number of nitrogens with zero attached hydrogens (tertiary/aromatic N) is 4. The molecule has 1 saturated heterocycles. The molecular formula is C23H24F3N5O2. The number of ether oxygens (including phenoxy) is 1. The van der Waals surface area contributed by atoms with Gasteiger partial charge in [-0.1, -0.05) is 26.0 Å². The number of alkyl halides is 3. The van der Waals surface area contributed by atoms with Gasteiger partial charge in [0.05, 0.1) is 30.4 Å². The van der Waals surface area contributed by atoms with Gasteiger partial charge < -0.3 is 10.1 Å². The summed E-state index contributed by atoms with van der Waals surface area (Å²) in [7, 11) is 0. The number of pyridine rings is 1. The van der Waals surface area contributed by atoms with E-state index in [4.69, 9.17) is 4.74 Å². The third kappa shape index (κ3) is 5.05. The average Bonchev–Trinajstić information content (AvgIpc) is 2.81. The lowest BCUT2D eigenvalue weighted by atomic mass is 10.1. The molecule has 1 aliphatic rings. The van der Waals surface area contributed by atoms with Gasteiger partial charge >= 0.3 is 6.18 Å². The Morgan fingerprint density at radius 2 is 2.06 bits per heavy atom. The van der Waals surface area contributed by atoms with Gasteiger partial charge in [-0.05, 0) is 30.2 Å². The molecule has 1 aliphatic heterocycles. The molecule has 33 heavy (non-hydrogen) atoms. The molecule has 2 aromatic heterocycles. The number of nitrogens with one attached hydrogen (secondary N) is 1. The van der Waals surface area contributed by atoms with E-state index in [9.17, 15) is 18.0 Å². The number of carbonyl (C=O) groups is 1. The van der Waals surface area contributed by atoms with E-state index in [1.54, 1.807) is 23.2 Å². The zero-order valence-corrected chi connectivity index (χ0v) is 18.3. The fourth-order valence-electron chi connectivity index (χ4n) is 3.53. The van der Waals surface area contributed by atoms with E-state index in [2.05, 4.69) is 20.3 Å². The first-order valence-corrected chi connectivity index (χ1v) is 10.7. The molecule has 3 aromatic rings. The zero-order valence-electron chi connectivity index (χ0n) is 18.3. The van der Waals surface area contributed by atoms with E-state index in [0.717, 1.165) is 18.6 Å². The van der Waals surface area contributed by atoms with Crippen LogP contribution in [0.5, 0.6) is 0 Å². The van der Waals surface area contributed by atoms with Crippen molar-refractivity contribution in [3.8, 4) is 0 Å². The van der Waals surface area contributed by atoms with Crippen LogP contribution in [0.1, 0.15) is 43.1 Å². The highest BCUT2D eigenvalue weighted by Crippen LogP contribution is 2.31. The first-order valence-electron chi connectivity index (χ1n) is 10.7. The number of fused-ring (bicyclic) bond motifs is 1. The maximum atomic E-state index is 13.1. The molecule has 0 saturated carbocycles. The van der Waals surface area contributed by atoms with Crippen LogP contribution in [0.4, 0.5) is 24.8 Å². The van der Waals surface area contributed by atoms with E-state index >= 15 is 0 Å². The number of morpholine rings is 1. The van der Waals surface area contributed by atoms with Crippen molar-refractivity contribution in [1.29, 1.82) is 0 Å². The van der Waals surface area contributed by atoms with E-state index < -0.39 is 11.7 Å². The van der Waals surface area contributed by atoms with E-state index in [0.29, 0.717) is 47.1 Å². The van der Waals surface area contributed by atoms with Crippen LogP contribution in [0.2, 0.25) is 0 Å². The van der Waals surface area contributed by atoms with Crippen LogP contribution < -0.4 is 10.2 Å². The summed E-state index contributed by atoms with van der Waals surface area (Å²) >= 11 is 0. The Morgan fingerprint density at radius 1 is 1.24 bits per heavy atom. The Bertz CT molecular complexity index is 1170. The van der Waals surface area contributed by atoms with Crippen LogP contribution in [0.3, 0.4) is 0 Å². The van der Waals surface area contributed by atoms with Crippen molar-refractivity contribution in [2.45, 2.75) is 38.9 Å². The molecule has 7 nitrogen and oxygen atoms in total. The first-order chi connectivity index (χ1) is 15.8. The fourth-order valence-corrected chi connectivity index (χ4v) is 3.53. The Labute approximate surface area is 189 Å². The van der Waals surface area contributed by atoms with Crippen LogP contribution in [0, 0.1) is 0 Å². The van der Waals surface area contributed by atoms with Crippen molar-refractivity contribution in [3.63, 3.8) is 0 Å². The predicted molar refractivity (Wildman–Crippen MR) is 118 cm³/mol. The maximum Gasteiger partial charge on any atom is 0.416 e. The lowest BCUT2D eigenvalue weighted by molar-refractivity contribution is -0.137. The second-order valence-electron chi connectivity index (χ2n) is 7.95. The fraction of sp³-hybridized carbons (Fsp3) is 0.391. The van der Waals surface area contributed by atoms with Gasteiger partial charge in [-0.25, -0.2) is 15.0 Å². The number of halogens is 3. The molecule has 4 rings (SSSR count).